The zero-order valence-electron chi connectivity index (χ0n) is 12.7. The standard InChI is InChI=1S/C17H22ClNO2/c1-11-8-12(2)13(3)19(10-11)16-9-15(18)6-4-14(16)5-7-17(20)21/h4-7,9,11-13H,8,10H2,1-3H3,(H,20,21)/b7-5+. The average Bonchev–Trinajstić information content (AvgIpc) is 2.41. The number of hydrogen-bond donors (Lipinski definition) is 1. The van der Waals surface area contributed by atoms with Gasteiger partial charge in [0.15, 0.2) is 0 Å². The number of anilines is 1. The molecule has 21 heavy (non-hydrogen) atoms. The fraction of sp³-hybridized carbons (Fsp3) is 0.471. The van der Waals surface area contributed by atoms with E-state index in [0.29, 0.717) is 22.9 Å². The van der Waals surface area contributed by atoms with Crippen molar-refractivity contribution in [2.24, 2.45) is 11.8 Å². The number of benzene rings is 1. The highest BCUT2D eigenvalue weighted by Gasteiger charge is 2.29. The fourth-order valence-electron chi connectivity index (χ4n) is 3.10. The van der Waals surface area contributed by atoms with Crippen LogP contribution in [0.25, 0.3) is 6.08 Å². The highest BCUT2D eigenvalue weighted by molar-refractivity contribution is 6.31. The summed E-state index contributed by atoms with van der Waals surface area (Å²) >= 11 is 6.15. The van der Waals surface area contributed by atoms with Crippen LogP contribution in [0.3, 0.4) is 0 Å². The predicted octanol–water partition coefficient (Wildman–Crippen LogP) is 4.31. The molecule has 1 aliphatic heterocycles. The van der Waals surface area contributed by atoms with Crippen LogP contribution in [0, 0.1) is 11.8 Å². The van der Waals surface area contributed by atoms with Gasteiger partial charge in [-0.05, 0) is 49.0 Å². The van der Waals surface area contributed by atoms with Gasteiger partial charge in [0, 0.05) is 29.4 Å². The highest BCUT2D eigenvalue weighted by atomic mass is 35.5. The first-order valence-corrected chi connectivity index (χ1v) is 7.73. The first-order chi connectivity index (χ1) is 9.88. The van der Waals surface area contributed by atoms with Crippen molar-refractivity contribution < 1.29 is 9.90 Å². The molecule has 0 saturated carbocycles. The number of carboxylic acid groups (broad SMARTS) is 1. The van der Waals surface area contributed by atoms with Crippen LogP contribution < -0.4 is 4.90 Å². The van der Waals surface area contributed by atoms with E-state index in [1.807, 2.05) is 12.1 Å². The molecule has 0 bridgehead atoms. The van der Waals surface area contributed by atoms with E-state index in [9.17, 15) is 4.79 Å². The van der Waals surface area contributed by atoms with Gasteiger partial charge in [-0.1, -0.05) is 31.5 Å². The van der Waals surface area contributed by atoms with Crippen LogP contribution in [0.1, 0.15) is 32.8 Å². The largest absolute Gasteiger partial charge is 0.478 e. The summed E-state index contributed by atoms with van der Waals surface area (Å²) in [5.74, 6) is 0.278. The first-order valence-electron chi connectivity index (χ1n) is 7.35. The highest BCUT2D eigenvalue weighted by Crippen LogP contribution is 2.35. The molecule has 1 aromatic rings. The molecule has 0 amide bonds. The van der Waals surface area contributed by atoms with Gasteiger partial charge in [-0.15, -0.1) is 0 Å². The summed E-state index contributed by atoms with van der Waals surface area (Å²) in [6.07, 6.45) is 4.04. The van der Waals surface area contributed by atoms with Crippen molar-refractivity contribution in [2.75, 3.05) is 11.4 Å². The second-order valence-electron chi connectivity index (χ2n) is 6.09. The number of piperidine rings is 1. The van der Waals surface area contributed by atoms with Crippen molar-refractivity contribution in [3.63, 3.8) is 0 Å². The molecule has 2 rings (SSSR count). The van der Waals surface area contributed by atoms with Gasteiger partial charge < -0.3 is 10.0 Å². The number of carboxylic acids is 1. The predicted molar refractivity (Wildman–Crippen MR) is 87.9 cm³/mol. The van der Waals surface area contributed by atoms with Gasteiger partial charge in [0.25, 0.3) is 0 Å². The lowest BCUT2D eigenvalue weighted by Gasteiger charge is -2.43. The molecule has 0 spiro atoms. The molecule has 1 N–H and O–H groups in total. The summed E-state index contributed by atoms with van der Waals surface area (Å²) < 4.78 is 0. The van der Waals surface area contributed by atoms with Gasteiger partial charge in [0.1, 0.15) is 0 Å². The minimum absolute atomic E-state index is 0.414. The number of hydrogen-bond acceptors (Lipinski definition) is 2. The third-order valence-electron chi connectivity index (χ3n) is 4.31. The molecule has 0 radical (unpaired) electrons. The Kier molecular flexibility index (Phi) is 4.94. The number of nitrogens with zero attached hydrogens (tertiary/aromatic N) is 1. The maximum atomic E-state index is 10.8. The lowest BCUT2D eigenvalue weighted by Crippen LogP contribution is -2.46. The van der Waals surface area contributed by atoms with E-state index in [1.165, 1.54) is 12.5 Å². The van der Waals surface area contributed by atoms with Gasteiger partial charge in [-0.3, -0.25) is 0 Å². The van der Waals surface area contributed by atoms with Crippen LogP contribution in [-0.4, -0.2) is 23.7 Å². The summed E-state index contributed by atoms with van der Waals surface area (Å²) in [7, 11) is 0. The van der Waals surface area contributed by atoms with E-state index in [4.69, 9.17) is 16.7 Å². The SMILES string of the molecule is CC1CC(C)C(C)N(c2cc(Cl)ccc2/C=C/C(=O)O)C1. The van der Waals surface area contributed by atoms with Gasteiger partial charge in [-0.2, -0.15) is 0 Å². The molecule has 1 aliphatic rings. The molecule has 1 saturated heterocycles. The van der Waals surface area contributed by atoms with E-state index in [1.54, 1.807) is 12.1 Å². The van der Waals surface area contributed by atoms with E-state index in [2.05, 4.69) is 25.7 Å². The Morgan fingerprint density at radius 3 is 2.76 bits per heavy atom. The third kappa shape index (κ3) is 3.79. The molecule has 114 valence electrons. The van der Waals surface area contributed by atoms with Crippen LogP contribution in [0.5, 0.6) is 0 Å². The Hall–Kier alpha value is -1.48. The number of carbonyl (C=O) groups is 1. The quantitative estimate of drug-likeness (QED) is 0.846. The fourth-order valence-corrected chi connectivity index (χ4v) is 3.27. The molecule has 1 fully saturated rings. The third-order valence-corrected chi connectivity index (χ3v) is 4.54. The van der Waals surface area contributed by atoms with Crippen molar-refractivity contribution in [3.05, 3.63) is 34.9 Å². The Morgan fingerprint density at radius 2 is 2.10 bits per heavy atom. The number of halogens is 1. The van der Waals surface area contributed by atoms with Gasteiger partial charge in [-0.25, -0.2) is 4.79 Å². The molecule has 4 heteroatoms. The Morgan fingerprint density at radius 1 is 1.38 bits per heavy atom. The molecule has 1 heterocycles. The van der Waals surface area contributed by atoms with Crippen LogP contribution in [0.4, 0.5) is 5.69 Å². The smallest absolute Gasteiger partial charge is 0.328 e. The molecule has 3 nitrogen and oxygen atoms in total. The Bertz CT molecular complexity index is 556. The normalized spacial score (nSPS) is 26.3. The summed E-state index contributed by atoms with van der Waals surface area (Å²) in [5.41, 5.74) is 1.92. The monoisotopic (exact) mass is 307 g/mol. The zero-order chi connectivity index (χ0) is 15.6. The van der Waals surface area contributed by atoms with E-state index in [0.717, 1.165) is 17.8 Å². The molecule has 0 aliphatic carbocycles. The van der Waals surface area contributed by atoms with Crippen LogP contribution in [0.2, 0.25) is 5.02 Å². The summed E-state index contributed by atoms with van der Waals surface area (Å²) in [4.78, 5) is 13.1. The first kappa shape index (κ1) is 15.9. The van der Waals surface area contributed by atoms with Crippen LogP contribution >= 0.6 is 11.6 Å². The molecular formula is C17H22ClNO2. The van der Waals surface area contributed by atoms with Crippen molar-refractivity contribution in [2.45, 2.75) is 33.2 Å². The number of rotatable bonds is 3. The lowest BCUT2D eigenvalue weighted by atomic mass is 9.85. The average molecular weight is 308 g/mol. The Labute approximate surface area is 131 Å². The molecule has 3 atom stereocenters. The second-order valence-corrected chi connectivity index (χ2v) is 6.52. The lowest BCUT2D eigenvalue weighted by molar-refractivity contribution is -0.131. The topological polar surface area (TPSA) is 40.5 Å². The maximum Gasteiger partial charge on any atom is 0.328 e. The van der Waals surface area contributed by atoms with E-state index >= 15 is 0 Å². The molecule has 0 aromatic heterocycles. The minimum atomic E-state index is -0.940. The van der Waals surface area contributed by atoms with Gasteiger partial charge in [0.2, 0.25) is 0 Å². The Balaban J connectivity index is 2.41. The van der Waals surface area contributed by atoms with Crippen molar-refractivity contribution in [1.82, 2.24) is 0 Å². The molecule has 3 unspecified atom stereocenters. The number of aliphatic carboxylic acids is 1. The van der Waals surface area contributed by atoms with Gasteiger partial charge >= 0.3 is 5.97 Å². The maximum absolute atomic E-state index is 10.8. The van der Waals surface area contributed by atoms with E-state index < -0.39 is 5.97 Å². The summed E-state index contributed by atoms with van der Waals surface area (Å²) in [5, 5.41) is 9.52. The second kappa shape index (κ2) is 6.52. The molecule has 1 aromatic carbocycles. The van der Waals surface area contributed by atoms with Gasteiger partial charge in [0.05, 0.1) is 0 Å². The summed E-state index contributed by atoms with van der Waals surface area (Å²) in [6.45, 7) is 7.72. The van der Waals surface area contributed by atoms with E-state index in [-0.39, 0.29) is 0 Å². The van der Waals surface area contributed by atoms with Crippen molar-refractivity contribution >= 4 is 29.3 Å². The van der Waals surface area contributed by atoms with Crippen molar-refractivity contribution in [1.29, 1.82) is 0 Å². The van der Waals surface area contributed by atoms with Crippen LogP contribution in [-0.2, 0) is 4.79 Å². The minimum Gasteiger partial charge on any atom is -0.478 e. The molecular weight excluding hydrogens is 286 g/mol. The summed E-state index contributed by atoms with van der Waals surface area (Å²) in [6, 6.07) is 6.03. The zero-order valence-corrected chi connectivity index (χ0v) is 13.5. The van der Waals surface area contributed by atoms with Crippen LogP contribution in [0.15, 0.2) is 24.3 Å². The van der Waals surface area contributed by atoms with Crippen molar-refractivity contribution in [3.8, 4) is 0 Å².